The highest BCUT2D eigenvalue weighted by Crippen LogP contribution is 2.72. The van der Waals surface area contributed by atoms with Crippen molar-refractivity contribution in [3.63, 3.8) is 0 Å². The maximum Gasteiger partial charge on any atom is 0.247 e. The molecule has 3 aliphatic heterocycles. The van der Waals surface area contributed by atoms with E-state index in [0.29, 0.717) is 25.9 Å². The molecule has 1 aromatic carbocycles. The Hall–Kier alpha value is -2.58. The van der Waals surface area contributed by atoms with Crippen LogP contribution in [-0.2, 0) is 14.4 Å². The standard InChI is InChI=1S/C33H47N3O4S/c1-9-18-34(23-14-12-11-13-15-23)28(38)25-26-29(39)36(24(21-37)20-22(3)4)27(33(26)17-16-32(25,8)41-33)30(40)35(19-10-2)31(5,6)7/h9-15,22,24-27,37H,1-2,16-21H2,3-8H3/t24-,25+,26+,27?,32-,33?/m1/s1. The Labute approximate surface area is 250 Å². The number of rotatable bonds is 11. The molecule has 4 rings (SSSR count). The number of aliphatic hydroxyl groups is 1. The summed E-state index contributed by atoms with van der Waals surface area (Å²) < 4.78 is -1.25. The van der Waals surface area contributed by atoms with Crippen molar-refractivity contribution in [2.75, 3.05) is 24.6 Å². The van der Waals surface area contributed by atoms with Gasteiger partial charge in [0.15, 0.2) is 0 Å². The van der Waals surface area contributed by atoms with Crippen LogP contribution in [0.2, 0.25) is 0 Å². The molecular weight excluding hydrogens is 534 g/mol. The second-order valence-electron chi connectivity index (χ2n) is 13.4. The molecule has 0 aromatic heterocycles. The Kier molecular flexibility index (Phi) is 8.87. The Bertz CT molecular complexity index is 1180. The van der Waals surface area contributed by atoms with Crippen LogP contribution >= 0.6 is 11.8 Å². The van der Waals surface area contributed by atoms with Gasteiger partial charge in [0.05, 0.1) is 29.2 Å². The number of hydrogen-bond acceptors (Lipinski definition) is 5. The summed E-state index contributed by atoms with van der Waals surface area (Å²) in [5, 5.41) is 10.6. The van der Waals surface area contributed by atoms with Crippen LogP contribution < -0.4 is 4.90 Å². The van der Waals surface area contributed by atoms with Gasteiger partial charge in [-0.15, -0.1) is 24.9 Å². The second-order valence-corrected chi connectivity index (χ2v) is 15.3. The van der Waals surface area contributed by atoms with Crippen LogP contribution in [0.3, 0.4) is 0 Å². The average molecular weight is 582 g/mol. The van der Waals surface area contributed by atoms with E-state index in [1.165, 1.54) is 0 Å². The molecule has 3 fully saturated rings. The number of amides is 3. The van der Waals surface area contributed by atoms with E-state index < -0.39 is 39.0 Å². The molecule has 41 heavy (non-hydrogen) atoms. The Morgan fingerprint density at radius 2 is 1.76 bits per heavy atom. The summed E-state index contributed by atoms with van der Waals surface area (Å²) in [5.74, 6) is -1.48. The number of thioether (sulfide) groups is 1. The van der Waals surface area contributed by atoms with Gasteiger partial charge in [-0.25, -0.2) is 0 Å². The maximum atomic E-state index is 14.7. The first kappa shape index (κ1) is 31.4. The Morgan fingerprint density at radius 3 is 2.29 bits per heavy atom. The van der Waals surface area contributed by atoms with Gasteiger partial charge in [-0.2, -0.15) is 0 Å². The van der Waals surface area contributed by atoms with E-state index in [9.17, 15) is 19.5 Å². The lowest BCUT2D eigenvalue weighted by Gasteiger charge is -2.44. The van der Waals surface area contributed by atoms with Crippen molar-refractivity contribution in [3.8, 4) is 0 Å². The number of likely N-dealkylation sites (tertiary alicyclic amines) is 1. The molecule has 2 bridgehead atoms. The summed E-state index contributed by atoms with van der Waals surface area (Å²) in [5.41, 5.74) is 0.256. The van der Waals surface area contributed by atoms with Gasteiger partial charge < -0.3 is 19.8 Å². The zero-order chi connectivity index (χ0) is 30.3. The molecule has 224 valence electrons. The zero-order valence-corrected chi connectivity index (χ0v) is 26.3. The average Bonchev–Trinajstić information content (AvgIpc) is 3.48. The van der Waals surface area contributed by atoms with Gasteiger partial charge in [-0.05, 0) is 65.0 Å². The van der Waals surface area contributed by atoms with Crippen molar-refractivity contribution in [1.29, 1.82) is 0 Å². The molecule has 7 nitrogen and oxygen atoms in total. The summed E-state index contributed by atoms with van der Waals surface area (Å²) in [4.78, 5) is 49.1. The number of hydrogen-bond donors (Lipinski definition) is 1. The summed E-state index contributed by atoms with van der Waals surface area (Å²) in [6.45, 7) is 20.4. The number of benzene rings is 1. The van der Waals surface area contributed by atoms with E-state index in [1.807, 2.05) is 51.1 Å². The SMILES string of the molecule is C=CCN(C(=O)[C@@H]1[C@H]2C(=O)N([C@@H](CO)CC(C)C)C(C(=O)N(CC=C)C(C)(C)C)C23CC[C@@]1(C)S3)c1ccccc1. The third-order valence-electron chi connectivity index (χ3n) is 9.10. The van der Waals surface area contributed by atoms with Crippen LogP contribution in [0.5, 0.6) is 0 Å². The molecule has 0 aliphatic carbocycles. The highest BCUT2D eigenvalue weighted by molar-refractivity contribution is 8.02. The number of nitrogens with zero attached hydrogens (tertiary/aromatic N) is 3. The van der Waals surface area contributed by atoms with Crippen molar-refractivity contribution >= 4 is 35.2 Å². The number of aliphatic hydroxyl groups excluding tert-OH is 1. The first-order valence-electron chi connectivity index (χ1n) is 14.8. The van der Waals surface area contributed by atoms with Gasteiger partial charge in [-0.3, -0.25) is 14.4 Å². The van der Waals surface area contributed by atoms with Crippen LogP contribution in [0.4, 0.5) is 5.69 Å². The van der Waals surface area contributed by atoms with Gasteiger partial charge in [0.2, 0.25) is 17.7 Å². The summed E-state index contributed by atoms with van der Waals surface area (Å²) in [6, 6.07) is 8.21. The lowest BCUT2D eigenvalue weighted by molar-refractivity contribution is -0.148. The van der Waals surface area contributed by atoms with Crippen LogP contribution in [0.25, 0.3) is 0 Å². The molecule has 1 aromatic rings. The summed E-state index contributed by atoms with van der Waals surface area (Å²) in [6.07, 6.45) is 5.40. The van der Waals surface area contributed by atoms with Crippen LogP contribution in [-0.4, -0.2) is 79.4 Å². The molecule has 1 N–H and O–H groups in total. The largest absolute Gasteiger partial charge is 0.394 e. The van der Waals surface area contributed by atoms with E-state index in [2.05, 4.69) is 33.9 Å². The predicted molar refractivity (Wildman–Crippen MR) is 167 cm³/mol. The minimum Gasteiger partial charge on any atom is -0.394 e. The molecule has 0 radical (unpaired) electrons. The molecule has 2 unspecified atom stereocenters. The fourth-order valence-corrected chi connectivity index (χ4v) is 9.76. The molecule has 1 spiro atoms. The number of carbonyl (C=O) groups excluding carboxylic acids is 3. The quantitative estimate of drug-likeness (QED) is 0.376. The molecular formula is C33H47N3O4S. The van der Waals surface area contributed by atoms with Gasteiger partial charge in [-0.1, -0.05) is 44.2 Å². The summed E-state index contributed by atoms with van der Waals surface area (Å²) >= 11 is 1.67. The highest BCUT2D eigenvalue weighted by atomic mass is 32.2. The number of anilines is 1. The summed E-state index contributed by atoms with van der Waals surface area (Å²) in [7, 11) is 0. The lowest BCUT2D eigenvalue weighted by Crippen LogP contribution is -2.60. The minimum atomic E-state index is -0.774. The molecule has 3 amide bonds. The number of para-hydroxylation sites is 1. The van der Waals surface area contributed by atoms with Crippen molar-refractivity contribution < 1.29 is 19.5 Å². The second kappa shape index (κ2) is 11.6. The monoisotopic (exact) mass is 581 g/mol. The third-order valence-corrected chi connectivity index (χ3v) is 11.1. The van der Waals surface area contributed by atoms with E-state index in [1.54, 1.807) is 38.6 Å². The predicted octanol–water partition coefficient (Wildman–Crippen LogP) is 4.91. The van der Waals surface area contributed by atoms with Crippen LogP contribution in [0.15, 0.2) is 55.6 Å². The Balaban J connectivity index is 1.86. The van der Waals surface area contributed by atoms with E-state index >= 15 is 0 Å². The van der Waals surface area contributed by atoms with E-state index in [-0.39, 0.29) is 30.2 Å². The van der Waals surface area contributed by atoms with Gasteiger partial charge in [0.25, 0.3) is 0 Å². The third kappa shape index (κ3) is 5.27. The minimum absolute atomic E-state index is 0.109. The van der Waals surface area contributed by atoms with Crippen LogP contribution in [0, 0.1) is 17.8 Å². The van der Waals surface area contributed by atoms with Crippen molar-refractivity contribution in [2.24, 2.45) is 17.8 Å². The first-order valence-corrected chi connectivity index (χ1v) is 15.6. The highest BCUT2D eigenvalue weighted by Gasteiger charge is 2.78. The smallest absolute Gasteiger partial charge is 0.247 e. The Morgan fingerprint density at radius 1 is 1.12 bits per heavy atom. The number of fused-ring (bicyclic) bond motifs is 1. The van der Waals surface area contributed by atoms with Crippen molar-refractivity contribution in [2.45, 2.75) is 87.9 Å². The van der Waals surface area contributed by atoms with Gasteiger partial charge in [0.1, 0.15) is 6.04 Å². The van der Waals surface area contributed by atoms with Crippen molar-refractivity contribution in [1.82, 2.24) is 9.80 Å². The number of carbonyl (C=O) groups is 3. The molecule has 8 heteroatoms. The van der Waals surface area contributed by atoms with Gasteiger partial charge in [0, 0.05) is 29.1 Å². The van der Waals surface area contributed by atoms with Gasteiger partial charge >= 0.3 is 0 Å². The molecule has 3 aliphatic rings. The maximum absolute atomic E-state index is 14.7. The first-order chi connectivity index (χ1) is 19.3. The van der Waals surface area contributed by atoms with Crippen molar-refractivity contribution in [3.05, 3.63) is 55.6 Å². The fraction of sp³-hybridized carbons (Fsp3) is 0.606. The zero-order valence-electron chi connectivity index (χ0n) is 25.5. The van der Waals surface area contributed by atoms with E-state index in [4.69, 9.17) is 0 Å². The van der Waals surface area contributed by atoms with E-state index in [0.717, 1.165) is 12.1 Å². The normalized spacial score (nSPS) is 29.4. The fourth-order valence-electron chi connectivity index (χ4n) is 7.43. The topological polar surface area (TPSA) is 81.2 Å². The molecule has 3 heterocycles. The molecule has 3 saturated heterocycles. The lowest BCUT2D eigenvalue weighted by atomic mass is 9.66. The molecule has 6 atom stereocenters. The molecule has 0 saturated carbocycles. The van der Waals surface area contributed by atoms with Crippen LogP contribution in [0.1, 0.15) is 60.8 Å².